The van der Waals surface area contributed by atoms with E-state index in [4.69, 9.17) is 4.74 Å². The van der Waals surface area contributed by atoms with Gasteiger partial charge in [0.25, 0.3) is 0 Å². The number of rotatable bonds is 2. The smallest absolute Gasteiger partial charge is 0.411 e. The molecule has 2 saturated heterocycles. The van der Waals surface area contributed by atoms with Crippen molar-refractivity contribution in [2.45, 2.75) is 45.6 Å². The Labute approximate surface area is 134 Å². The van der Waals surface area contributed by atoms with Crippen LogP contribution in [0, 0.1) is 11.8 Å². The molecule has 0 aromatic heterocycles. The topological polar surface area (TPSA) is 110 Å². The first kappa shape index (κ1) is 17.7. The highest BCUT2D eigenvalue weighted by Crippen LogP contribution is 2.32. The zero-order valence-corrected chi connectivity index (χ0v) is 13.6. The number of nitrogens with one attached hydrogen (secondary N) is 1. The summed E-state index contributed by atoms with van der Waals surface area (Å²) in [5, 5.41) is 13.4. The summed E-state index contributed by atoms with van der Waals surface area (Å²) in [5.74, 6) is -4.10. The Hall–Kier alpha value is -1.64. The lowest BCUT2D eigenvalue weighted by molar-refractivity contribution is -0.909. The maximum absolute atomic E-state index is 12.5. The number of quaternary nitrogens is 1. The molecule has 2 rings (SSSR count). The van der Waals surface area contributed by atoms with Crippen LogP contribution in [0.2, 0.25) is 0 Å². The van der Waals surface area contributed by atoms with Crippen molar-refractivity contribution >= 4 is 23.7 Å². The van der Waals surface area contributed by atoms with Crippen LogP contribution in [0.5, 0.6) is 0 Å². The highest BCUT2D eigenvalue weighted by atomic mass is 16.7. The fourth-order valence-electron chi connectivity index (χ4n) is 2.88. The number of carbonyl (C=O) groups is 4. The third-order valence-electron chi connectivity index (χ3n) is 4.10. The van der Waals surface area contributed by atoms with Crippen LogP contribution in [0.4, 0.5) is 4.79 Å². The van der Waals surface area contributed by atoms with Crippen LogP contribution in [-0.2, 0) is 19.1 Å². The van der Waals surface area contributed by atoms with Crippen molar-refractivity contribution in [2.24, 2.45) is 11.8 Å². The average Bonchev–Trinajstić information content (AvgIpc) is 2.71. The van der Waals surface area contributed by atoms with Gasteiger partial charge in [0.2, 0.25) is 0 Å². The number of hydrogen-bond donors (Lipinski definition) is 2. The predicted octanol–water partition coefficient (Wildman–Crippen LogP) is 0.769. The fraction of sp³-hybridized carbons (Fsp3) is 0.733. The Morgan fingerprint density at radius 3 is 2.30 bits per heavy atom. The summed E-state index contributed by atoms with van der Waals surface area (Å²) in [6.45, 7) is 5.99. The van der Waals surface area contributed by atoms with E-state index in [0.717, 1.165) is 0 Å². The van der Waals surface area contributed by atoms with E-state index < -0.39 is 40.5 Å². The van der Waals surface area contributed by atoms with Gasteiger partial charge in [-0.1, -0.05) is 0 Å². The lowest BCUT2D eigenvalue weighted by atomic mass is 9.85. The van der Waals surface area contributed by atoms with E-state index >= 15 is 0 Å². The number of piperidine rings is 1. The molecule has 0 aliphatic carbocycles. The van der Waals surface area contributed by atoms with Gasteiger partial charge in [0.1, 0.15) is 5.60 Å². The van der Waals surface area contributed by atoms with Crippen molar-refractivity contribution in [3.05, 3.63) is 0 Å². The highest BCUT2D eigenvalue weighted by molar-refractivity contribution is 6.12. The lowest BCUT2D eigenvalue weighted by Gasteiger charge is -2.24. The molecule has 2 heterocycles. The Bertz CT molecular complexity index is 547. The first-order valence-corrected chi connectivity index (χ1v) is 7.75. The molecule has 3 amide bonds. The third kappa shape index (κ3) is 3.34. The summed E-state index contributed by atoms with van der Waals surface area (Å²) >= 11 is 0. The van der Waals surface area contributed by atoms with Gasteiger partial charge in [-0.05, 0) is 46.7 Å². The SMILES string of the molecule is CC(C)(C)OC(=O)[N+]1(O)C(=O)CC(C(=O)C2CCNCC2)C1=O. The minimum Gasteiger partial charge on any atom is -0.411 e. The molecule has 8 heteroatoms. The molecule has 0 bridgehead atoms. The second kappa shape index (κ2) is 6.10. The summed E-state index contributed by atoms with van der Waals surface area (Å²) < 4.78 is 2.89. The number of Topliss-reactive ketones (excluding diaryl/α,β-unsaturated/α-hetero) is 1. The van der Waals surface area contributed by atoms with Crippen molar-refractivity contribution in [1.82, 2.24) is 5.32 Å². The van der Waals surface area contributed by atoms with E-state index in [-0.39, 0.29) is 11.7 Å². The fourth-order valence-corrected chi connectivity index (χ4v) is 2.88. The summed E-state index contributed by atoms with van der Waals surface area (Å²) in [5.41, 5.74) is -0.969. The number of imide groups is 3. The van der Waals surface area contributed by atoms with Crippen LogP contribution < -0.4 is 5.32 Å². The molecule has 128 valence electrons. The van der Waals surface area contributed by atoms with E-state index in [1.165, 1.54) is 0 Å². The maximum Gasteiger partial charge on any atom is 0.566 e. The van der Waals surface area contributed by atoms with Crippen molar-refractivity contribution in [2.75, 3.05) is 13.1 Å². The minimum atomic E-state index is -2.07. The number of carbonyl (C=O) groups excluding carboxylic acids is 4. The summed E-state index contributed by atoms with van der Waals surface area (Å²) in [7, 11) is 0. The molecule has 2 fully saturated rings. The number of likely N-dealkylation sites (tertiary alicyclic amines) is 1. The molecule has 2 N–H and O–H groups in total. The normalized spacial score (nSPS) is 29.7. The molecule has 0 aromatic carbocycles. The molecule has 0 spiro atoms. The standard InChI is InChI=1S/C15H23N2O6/c1-15(2,3)23-14(21)17(22)11(18)8-10(13(17)20)12(19)9-4-6-16-7-5-9/h9-10,16,22H,4-8H2,1-3H3/q+1. The molecular weight excluding hydrogens is 304 g/mol. The largest absolute Gasteiger partial charge is 0.566 e. The number of nitrogens with zero attached hydrogens (tertiary/aromatic N) is 1. The number of ether oxygens (including phenoxy) is 1. The van der Waals surface area contributed by atoms with Gasteiger partial charge in [0.15, 0.2) is 11.7 Å². The molecule has 23 heavy (non-hydrogen) atoms. The Kier molecular flexibility index (Phi) is 4.70. The first-order valence-electron chi connectivity index (χ1n) is 7.75. The van der Waals surface area contributed by atoms with Crippen LogP contribution in [0.3, 0.4) is 0 Å². The van der Waals surface area contributed by atoms with Crippen LogP contribution in [0.15, 0.2) is 0 Å². The minimum absolute atomic E-state index is 0.330. The highest BCUT2D eigenvalue weighted by Gasteiger charge is 2.66. The predicted molar refractivity (Wildman–Crippen MR) is 77.0 cm³/mol. The van der Waals surface area contributed by atoms with E-state index in [0.29, 0.717) is 25.9 Å². The molecule has 2 aliphatic heterocycles. The molecule has 0 radical (unpaired) electrons. The van der Waals surface area contributed by atoms with Crippen LogP contribution in [0.1, 0.15) is 40.0 Å². The van der Waals surface area contributed by atoms with Gasteiger partial charge in [0.05, 0.1) is 6.42 Å². The first-order chi connectivity index (χ1) is 10.6. The second-order valence-electron chi connectivity index (χ2n) is 7.03. The lowest BCUT2D eigenvalue weighted by Crippen LogP contribution is -2.57. The van der Waals surface area contributed by atoms with Crippen LogP contribution in [0.25, 0.3) is 0 Å². The number of amides is 3. The van der Waals surface area contributed by atoms with Crippen molar-refractivity contribution in [3.8, 4) is 0 Å². The Morgan fingerprint density at radius 2 is 1.78 bits per heavy atom. The monoisotopic (exact) mass is 327 g/mol. The average molecular weight is 327 g/mol. The molecular formula is C15H23N2O6+. The molecule has 0 aromatic rings. The number of hydrogen-bond acceptors (Lipinski definition) is 7. The number of hydroxylamine groups is 3. The second-order valence-corrected chi connectivity index (χ2v) is 7.03. The van der Waals surface area contributed by atoms with Gasteiger partial charge in [-0.25, -0.2) is 9.59 Å². The summed E-state index contributed by atoms with van der Waals surface area (Å²) in [6.07, 6.45) is -0.658. The van der Waals surface area contributed by atoms with Gasteiger partial charge >= 0.3 is 17.9 Å². The maximum atomic E-state index is 12.5. The third-order valence-corrected chi connectivity index (χ3v) is 4.10. The van der Waals surface area contributed by atoms with Gasteiger partial charge in [0, 0.05) is 10.6 Å². The van der Waals surface area contributed by atoms with Gasteiger partial charge in [-0.15, -0.1) is 0 Å². The van der Waals surface area contributed by atoms with Crippen molar-refractivity contribution in [3.63, 3.8) is 0 Å². The van der Waals surface area contributed by atoms with E-state index in [2.05, 4.69) is 5.32 Å². The van der Waals surface area contributed by atoms with Gasteiger partial charge < -0.3 is 10.1 Å². The zero-order valence-electron chi connectivity index (χ0n) is 13.6. The zero-order chi connectivity index (χ0) is 17.4. The summed E-state index contributed by atoms with van der Waals surface area (Å²) in [6, 6.07) is 0. The quantitative estimate of drug-likeness (QED) is 0.333. The van der Waals surface area contributed by atoms with Crippen LogP contribution in [-0.4, -0.2) is 52.2 Å². The van der Waals surface area contributed by atoms with Gasteiger partial charge in [-0.2, -0.15) is 10.0 Å². The van der Waals surface area contributed by atoms with Crippen molar-refractivity contribution < 1.29 is 33.8 Å². The van der Waals surface area contributed by atoms with Gasteiger partial charge in [-0.3, -0.25) is 4.79 Å². The van der Waals surface area contributed by atoms with E-state index in [1.807, 2.05) is 0 Å². The van der Waals surface area contributed by atoms with Crippen LogP contribution >= 0.6 is 0 Å². The van der Waals surface area contributed by atoms with E-state index in [1.54, 1.807) is 20.8 Å². The molecule has 8 nitrogen and oxygen atoms in total. The Morgan fingerprint density at radius 1 is 1.22 bits per heavy atom. The molecule has 2 atom stereocenters. The van der Waals surface area contributed by atoms with E-state index in [9.17, 15) is 24.4 Å². The number of ketones is 1. The summed E-state index contributed by atoms with van der Waals surface area (Å²) in [4.78, 5) is 49.0. The Balaban J connectivity index is 2.18. The molecule has 2 aliphatic rings. The molecule has 0 saturated carbocycles. The van der Waals surface area contributed by atoms with Crippen molar-refractivity contribution in [1.29, 1.82) is 0 Å². The molecule has 2 unspecified atom stereocenters.